The Hall–Kier alpha value is -2.51. The van der Waals surface area contributed by atoms with E-state index in [4.69, 9.17) is 0 Å². The molecule has 0 aliphatic carbocycles. The molecule has 0 saturated heterocycles. The largest absolute Gasteiger partial charge is 0.272 e. The minimum Gasteiger partial charge on any atom is -0.272 e. The van der Waals surface area contributed by atoms with Gasteiger partial charge in [0.25, 0.3) is 5.91 Å². The van der Waals surface area contributed by atoms with Crippen molar-refractivity contribution in [2.45, 2.75) is 39.0 Å². The van der Waals surface area contributed by atoms with E-state index in [-0.39, 0.29) is 24.1 Å². The van der Waals surface area contributed by atoms with Crippen LogP contribution >= 0.6 is 0 Å². The predicted octanol–water partition coefficient (Wildman–Crippen LogP) is 3.23. The minimum absolute atomic E-state index is 0.0626. The molecule has 6 nitrogen and oxygen atoms in total. The third kappa shape index (κ3) is 5.52. The van der Waals surface area contributed by atoms with Crippen molar-refractivity contribution < 1.29 is 13.2 Å². The molecule has 1 aliphatic heterocycles. The third-order valence-corrected chi connectivity index (χ3v) is 6.46. The van der Waals surface area contributed by atoms with E-state index in [1.807, 2.05) is 56.3 Å². The molecule has 1 aliphatic rings. The Labute approximate surface area is 172 Å². The zero-order chi connectivity index (χ0) is 20.9. The summed E-state index contributed by atoms with van der Waals surface area (Å²) in [7, 11) is -3.45. The number of nitrogens with one attached hydrogen (secondary N) is 1. The molecule has 0 saturated carbocycles. The molecule has 1 heterocycles. The van der Waals surface area contributed by atoms with Crippen molar-refractivity contribution in [1.82, 2.24) is 9.73 Å². The Bertz CT molecular complexity index is 987. The molecular formula is C22H27N3O3S. The SMILES string of the molecule is CCC1=NN(Cc2ccccc2C)C(=O)[C@@H]1CCNS(=O)(=O)Cc1ccccc1. The molecule has 0 unspecified atom stereocenters. The molecule has 1 amide bonds. The Morgan fingerprint density at radius 3 is 2.45 bits per heavy atom. The average molecular weight is 414 g/mol. The van der Waals surface area contributed by atoms with E-state index in [1.165, 1.54) is 5.01 Å². The van der Waals surface area contributed by atoms with Gasteiger partial charge in [-0.15, -0.1) is 0 Å². The first-order chi connectivity index (χ1) is 13.9. The first kappa shape index (κ1) is 21.2. The maximum atomic E-state index is 12.9. The molecule has 0 aromatic heterocycles. The van der Waals surface area contributed by atoms with E-state index in [0.29, 0.717) is 19.4 Å². The summed E-state index contributed by atoms with van der Waals surface area (Å²) in [6.07, 6.45) is 1.07. The Kier molecular flexibility index (Phi) is 6.82. The summed E-state index contributed by atoms with van der Waals surface area (Å²) in [5.74, 6) is -0.503. The van der Waals surface area contributed by atoms with Gasteiger partial charge in [-0.1, -0.05) is 61.5 Å². The van der Waals surface area contributed by atoms with Gasteiger partial charge in [-0.2, -0.15) is 5.10 Å². The number of aryl methyl sites for hydroxylation is 1. The van der Waals surface area contributed by atoms with Crippen LogP contribution in [0.3, 0.4) is 0 Å². The second-order valence-electron chi connectivity index (χ2n) is 7.25. The highest BCUT2D eigenvalue weighted by molar-refractivity contribution is 7.88. The summed E-state index contributed by atoms with van der Waals surface area (Å²) in [6.45, 7) is 4.63. The van der Waals surface area contributed by atoms with Gasteiger partial charge in [0.1, 0.15) is 0 Å². The molecule has 154 valence electrons. The van der Waals surface area contributed by atoms with Crippen LogP contribution in [0.1, 0.15) is 36.5 Å². The molecule has 0 spiro atoms. The monoisotopic (exact) mass is 413 g/mol. The molecule has 3 rings (SSSR count). The quantitative estimate of drug-likeness (QED) is 0.685. The molecule has 1 atom stereocenters. The summed E-state index contributed by atoms with van der Waals surface area (Å²) in [5, 5.41) is 6.03. The molecule has 7 heteroatoms. The van der Waals surface area contributed by atoms with E-state index < -0.39 is 10.0 Å². The van der Waals surface area contributed by atoms with Crippen molar-refractivity contribution in [3.8, 4) is 0 Å². The second-order valence-corrected chi connectivity index (χ2v) is 9.05. The van der Waals surface area contributed by atoms with Crippen LogP contribution < -0.4 is 4.72 Å². The summed E-state index contributed by atoms with van der Waals surface area (Å²) >= 11 is 0. The fourth-order valence-electron chi connectivity index (χ4n) is 3.47. The van der Waals surface area contributed by atoms with Crippen LogP contribution in [0.2, 0.25) is 0 Å². The fraction of sp³-hybridized carbons (Fsp3) is 0.364. The molecule has 0 fully saturated rings. The maximum absolute atomic E-state index is 12.9. The summed E-state index contributed by atoms with van der Waals surface area (Å²) in [5.41, 5.74) is 3.72. The fourth-order valence-corrected chi connectivity index (χ4v) is 4.63. The van der Waals surface area contributed by atoms with Crippen molar-refractivity contribution in [2.24, 2.45) is 11.0 Å². The highest BCUT2D eigenvalue weighted by atomic mass is 32.2. The van der Waals surface area contributed by atoms with Crippen LogP contribution in [-0.4, -0.2) is 31.6 Å². The highest BCUT2D eigenvalue weighted by Crippen LogP contribution is 2.23. The van der Waals surface area contributed by atoms with Gasteiger partial charge in [-0.25, -0.2) is 18.1 Å². The molecule has 0 radical (unpaired) electrons. The van der Waals surface area contributed by atoms with Crippen LogP contribution in [-0.2, 0) is 27.1 Å². The molecule has 1 N–H and O–H groups in total. The van der Waals surface area contributed by atoms with E-state index in [9.17, 15) is 13.2 Å². The number of nitrogens with zero attached hydrogens (tertiary/aromatic N) is 2. The molecule has 0 bridgehead atoms. The van der Waals surface area contributed by atoms with Crippen molar-refractivity contribution in [3.05, 3.63) is 71.3 Å². The smallest absolute Gasteiger partial charge is 0.251 e. The number of amides is 1. The summed E-state index contributed by atoms with van der Waals surface area (Å²) in [6, 6.07) is 17.0. The van der Waals surface area contributed by atoms with Gasteiger partial charge in [0.2, 0.25) is 10.0 Å². The number of carbonyl (C=O) groups excluding carboxylic acids is 1. The molecule has 2 aromatic carbocycles. The Morgan fingerprint density at radius 2 is 1.76 bits per heavy atom. The highest BCUT2D eigenvalue weighted by Gasteiger charge is 2.34. The van der Waals surface area contributed by atoms with Gasteiger partial charge in [0.15, 0.2) is 0 Å². The summed E-state index contributed by atoms with van der Waals surface area (Å²) < 4.78 is 27.2. The van der Waals surface area contributed by atoms with Crippen molar-refractivity contribution >= 4 is 21.6 Å². The Balaban J connectivity index is 1.58. The molecule has 29 heavy (non-hydrogen) atoms. The lowest BCUT2D eigenvalue weighted by atomic mass is 9.97. The lowest BCUT2D eigenvalue weighted by Gasteiger charge is -2.16. The lowest BCUT2D eigenvalue weighted by molar-refractivity contribution is -0.132. The van der Waals surface area contributed by atoms with Crippen LogP contribution in [0.4, 0.5) is 0 Å². The van der Waals surface area contributed by atoms with Crippen LogP contribution in [0, 0.1) is 12.8 Å². The number of hydrogen-bond acceptors (Lipinski definition) is 4. The predicted molar refractivity (Wildman–Crippen MR) is 115 cm³/mol. The normalized spacial score (nSPS) is 16.9. The number of sulfonamides is 1. The van der Waals surface area contributed by atoms with Gasteiger partial charge in [-0.05, 0) is 36.5 Å². The van der Waals surface area contributed by atoms with E-state index in [1.54, 1.807) is 12.1 Å². The van der Waals surface area contributed by atoms with Crippen LogP contribution in [0.5, 0.6) is 0 Å². The zero-order valence-corrected chi connectivity index (χ0v) is 17.7. The van der Waals surface area contributed by atoms with Crippen molar-refractivity contribution in [2.75, 3.05) is 6.54 Å². The number of benzene rings is 2. The van der Waals surface area contributed by atoms with Gasteiger partial charge >= 0.3 is 0 Å². The number of carbonyl (C=O) groups is 1. The first-order valence-corrected chi connectivity index (χ1v) is 11.5. The van der Waals surface area contributed by atoms with Crippen LogP contribution in [0.25, 0.3) is 0 Å². The number of rotatable bonds is 9. The average Bonchev–Trinajstić information content (AvgIpc) is 2.99. The standard InChI is InChI=1S/C22H27N3O3S/c1-3-21-20(13-14-23-29(27,28)16-18-10-5-4-6-11-18)22(26)25(24-21)15-19-12-8-7-9-17(19)2/h4-12,20,23H,3,13-16H2,1-2H3/t20-/m1/s1. The first-order valence-electron chi connectivity index (χ1n) is 9.84. The maximum Gasteiger partial charge on any atom is 0.251 e. The van der Waals surface area contributed by atoms with E-state index in [0.717, 1.165) is 22.4 Å². The van der Waals surface area contributed by atoms with Gasteiger partial charge < -0.3 is 0 Å². The number of hydrazone groups is 1. The van der Waals surface area contributed by atoms with Gasteiger partial charge in [0, 0.05) is 6.54 Å². The lowest BCUT2D eigenvalue weighted by Crippen LogP contribution is -2.32. The van der Waals surface area contributed by atoms with Gasteiger partial charge in [0.05, 0.1) is 23.9 Å². The van der Waals surface area contributed by atoms with Crippen molar-refractivity contribution in [3.63, 3.8) is 0 Å². The van der Waals surface area contributed by atoms with Crippen molar-refractivity contribution in [1.29, 1.82) is 0 Å². The Morgan fingerprint density at radius 1 is 1.07 bits per heavy atom. The topological polar surface area (TPSA) is 78.8 Å². The van der Waals surface area contributed by atoms with E-state index >= 15 is 0 Å². The zero-order valence-electron chi connectivity index (χ0n) is 16.8. The minimum atomic E-state index is -3.45. The molecular weight excluding hydrogens is 386 g/mol. The third-order valence-electron chi connectivity index (χ3n) is 5.10. The second kappa shape index (κ2) is 9.33. The van der Waals surface area contributed by atoms with Gasteiger partial charge in [-0.3, -0.25) is 4.79 Å². The summed E-state index contributed by atoms with van der Waals surface area (Å²) in [4.78, 5) is 12.9. The molecule has 2 aromatic rings. The number of hydrogen-bond donors (Lipinski definition) is 1. The van der Waals surface area contributed by atoms with E-state index in [2.05, 4.69) is 9.82 Å². The van der Waals surface area contributed by atoms with Crippen LogP contribution in [0.15, 0.2) is 59.7 Å².